The number of likely N-dealkylation sites (tertiary alicyclic amines) is 1. The highest BCUT2D eigenvalue weighted by Gasteiger charge is 2.25. The van der Waals surface area contributed by atoms with E-state index in [1.54, 1.807) is 11.2 Å². The first-order valence-corrected chi connectivity index (χ1v) is 10.6. The van der Waals surface area contributed by atoms with Gasteiger partial charge in [0.05, 0.1) is 11.3 Å². The van der Waals surface area contributed by atoms with E-state index in [9.17, 15) is 9.18 Å². The van der Waals surface area contributed by atoms with E-state index in [4.69, 9.17) is 4.74 Å². The number of allylic oxidation sites excluding steroid dienone is 1. The Morgan fingerprint density at radius 3 is 2.63 bits per heavy atom. The standard InChI is InChI=1S/C23H27FN4O2/c1-17-16-30-21-6-5-19(24)15-20(21)23(29)28(17)12-3-2-11-27-13-7-18(8-14-27)22-25-9-4-10-26-22/h4-6,9-10,15-16,18H,2-3,7-8,11-14H2,1H3. The van der Waals surface area contributed by atoms with E-state index in [0.29, 0.717) is 18.2 Å². The quantitative estimate of drug-likeness (QED) is 0.675. The zero-order chi connectivity index (χ0) is 20.9. The van der Waals surface area contributed by atoms with E-state index in [0.717, 1.165) is 56.8 Å². The second-order valence-corrected chi connectivity index (χ2v) is 7.90. The van der Waals surface area contributed by atoms with Crippen LogP contribution in [-0.4, -0.2) is 51.9 Å². The normalized spacial score (nSPS) is 17.9. The zero-order valence-corrected chi connectivity index (χ0v) is 17.3. The maximum Gasteiger partial charge on any atom is 0.262 e. The van der Waals surface area contributed by atoms with Gasteiger partial charge < -0.3 is 14.5 Å². The van der Waals surface area contributed by atoms with Crippen molar-refractivity contribution in [2.24, 2.45) is 0 Å². The third-order valence-electron chi connectivity index (χ3n) is 5.84. The Labute approximate surface area is 176 Å². The summed E-state index contributed by atoms with van der Waals surface area (Å²) < 4.78 is 19.2. The van der Waals surface area contributed by atoms with Crippen LogP contribution in [0.25, 0.3) is 0 Å². The summed E-state index contributed by atoms with van der Waals surface area (Å²) in [6.07, 6.45) is 9.23. The molecule has 1 aromatic carbocycles. The molecule has 0 N–H and O–H groups in total. The maximum absolute atomic E-state index is 13.6. The fourth-order valence-corrected chi connectivity index (χ4v) is 4.11. The monoisotopic (exact) mass is 410 g/mol. The number of hydrogen-bond acceptors (Lipinski definition) is 5. The van der Waals surface area contributed by atoms with Crippen molar-refractivity contribution in [1.29, 1.82) is 0 Å². The predicted octanol–water partition coefficient (Wildman–Crippen LogP) is 3.97. The summed E-state index contributed by atoms with van der Waals surface area (Å²) in [7, 11) is 0. The van der Waals surface area contributed by atoms with Crippen molar-refractivity contribution in [3.05, 3.63) is 65.8 Å². The SMILES string of the molecule is CC1=COc2ccc(F)cc2C(=O)N1CCCCN1CCC(c2ncccn2)CC1. The van der Waals surface area contributed by atoms with Crippen LogP contribution in [0.4, 0.5) is 4.39 Å². The Morgan fingerprint density at radius 1 is 1.13 bits per heavy atom. The van der Waals surface area contributed by atoms with Gasteiger partial charge in [-0.1, -0.05) is 0 Å². The maximum atomic E-state index is 13.6. The van der Waals surface area contributed by atoms with Crippen LogP contribution in [0.1, 0.15) is 54.7 Å². The molecule has 0 spiro atoms. The molecule has 4 rings (SSSR count). The van der Waals surface area contributed by atoms with Crippen LogP contribution in [0, 0.1) is 5.82 Å². The topological polar surface area (TPSA) is 58.6 Å². The van der Waals surface area contributed by atoms with Crippen molar-refractivity contribution in [3.63, 3.8) is 0 Å². The summed E-state index contributed by atoms with van der Waals surface area (Å²) in [6.45, 7) is 5.54. The Kier molecular flexibility index (Phi) is 6.38. The number of fused-ring (bicyclic) bond motifs is 1. The third-order valence-corrected chi connectivity index (χ3v) is 5.84. The van der Waals surface area contributed by atoms with Crippen molar-refractivity contribution in [2.45, 2.75) is 38.5 Å². The van der Waals surface area contributed by atoms with Crippen LogP contribution in [0.5, 0.6) is 5.75 Å². The molecule has 1 saturated heterocycles. The summed E-state index contributed by atoms with van der Waals surface area (Å²) in [5.41, 5.74) is 1.01. The lowest BCUT2D eigenvalue weighted by atomic mass is 9.96. The first-order chi connectivity index (χ1) is 14.6. The fourth-order valence-electron chi connectivity index (χ4n) is 4.11. The number of halogens is 1. The number of hydrogen-bond donors (Lipinski definition) is 0. The molecule has 7 heteroatoms. The second kappa shape index (κ2) is 9.34. The lowest BCUT2D eigenvalue weighted by Crippen LogP contribution is -2.35. The van der Waals surface area contributed by atoms with Gasteiger partial charge in [0, 0.05) is 24.9 Å². The van der Waals surface area contributed by atoms with Gasteiger partial charge in [0.1, 0.15) is 23.7 Å². The number of piperidine rings is 1. The van der Waals surface area contributed by atoms with Crippen LogP contribution in [0.15, 0.2) is 48.6 Å². The predicted molar refractivity (Wildman–Crippen MR) is 112 cm³/mol. The number of rotatable bonds is 6. The lowest BCUT2D eigenvalue weighted by Gasteiger charge is -2.31. The largest absolute Gasteiger partial charge is 0.462 e. The minimum atomic E-state index is -0.436. The van der Waals surface area contributed by atoms with Crippen LogP contribution >= 0.6 is 0 Å². The molecule has 0 aliphatic carbocycles. The van der Waals surface area contributed by atoms with Gasteiger partial charge in [0.25, 0.3) is 5.91 Å². The fraction of sp³-hybridized carbons (Fsp3) is 0.435. The van der Waals surface area contributed by atoms with E-state index in [1.165, 1.54) is 18.2 Å². The van der Waals surface area contributed by atoms with Crippen LogP contribution < -0.4 is 4.74 Å². The Morgan fingerprint density at radius 2 is 1.87 bits per heavy atom. The van der Waals surface area contributed by atoms with Gasteiger partial charge in [-0.15, -0.1) is 0 Å². The molecule has 0 unspecified atom stereocenters. The van der Waals surface area contributed by atoms with Crippen molar-refractivity contribution in [3.8, 4) is 5.75 Å². The molecule has 1 amide bonds. The van der Waals surface area contributed by atoms with E-state index in [-0.39, 0.29) is 11.5 Å². The zero-order valence-electron chi connectivity index (χ0n) is 17.3. The molecule has 2 aromatic rings. The summed E-state index contributed by atoms with van der Waals surface area (Å²) in [6, 6.07) is 5.90. The highest BCUT2D eigenvalue weighted by Crippen LogP contribution is 2.27. The van der Waals surface area contributed by atoms with Gasteiger partial charge in [-0.25, -0.2) is 14.4 Å². The minimum absolute atomic E-state index is 0.209. The smallest absolute Gasteiger partial charge is 0.262 e. The summed E-state index contributed by atoms with van der Waals surface area (Å²) in [5, 5.41) is 0. The number of amides is 1. The number of carbonyl (C=O) groups is 1. The number of ether oxygens (including phenoxy) is 1. The number of unbranched alkanes of at least 4 members (excludes halogenated alkanes) is 1. The van der Waals surface area contributed by atoms with Crippen LogP contribution in [-0.2, 0) is 0 Å². The van der Waals surface area contributed by atoms with Gasteiger partial charge in [-0.05, 0) is 76.5 Å². The first kappa shape index (κ1) is 20.5. The van der Waals surface area contributed by atoms with Gasteiger partial charge in [-0.2, -0.15) is 0 Å². The van der Waals surface area contributed by atoms with Crippen molar-refractivity contribution in [1.82, 2.24) is 19.8 Å². The van der Waals surface area contributed by atoms with Gasteiger partial charge in [-0.3, -0.25) is 4.79 Å². The Bertz CT molecular complexity index is 911. The van der Waals surface area contributed by atoms with Gasteiger partial charge in [0.2, 0.25) is 0 Å². The molecule has 1 aromatic heterocycles. The number of benzene rings is 1. The molecule has 0 atom stereocenters. The molecular formula is C23H27FN4O2. The average Bonchev–Trinajstić information content (AvgIpc) is 2.89. The third kappa shape index (κ3) is 4.67. The number of aromatic nitrogens is 2. The van der Waals surface area contributed by atoms with Crippen molar-refractivity contribution < 1.29 is 13.9 Å². The first-order valence-electron chi connectivity index (χ1n) is 10.6. The minimum Gasteiger partial charge on any atom is -0.462 e. The molecule has 2 aliphatic rings. The summed E-state index contributed by atoms with van der Waals surface area (Å²) in [5.74, 6) is 1.16. The molecule has 158 valence electrons. The Balaban J connectivity index is 1.25. The van der Waals surface area contributed by atoms with Gasteiger partial charge in [0.15, 0.2) is 0 Å². The molecule has 30 heavy (non-hydrogen) atoms. The summed E-state index contributed by atoms with van der Waals surface area (Å²) >= 11 is 0. The average molecular weight is 410 g/mol. The lowest BCUT2D eigenvalue weighted by molar-refractivity contribution is 0.0803. The molecular weight excluding hydrogens is 383 g/mol. The molecule has 0 radical (unpaired) electrons. The number of carbonyl (C=O) groups excluding carboxylic acids is 1. The molecule has 3 heterocycles. The van der Waals surface area contributed by atoms with E-state index >= 15 is 0 Å². The Hall–Kier alpha value is -2.80. The van der Waals surface area contributed by atoms with Gasteiger partial charge >= 0.3 is 0 Å². The summed E-state index contributed by atoms with van der Waals surface area (Å²) in [4.78, 5) is 25.8. The second-order valence-electron chi connectivity index (χ2n) is 7.90. The molecule has 6 nitrogen and oxygen atoms in total. The highest BCUT2D eigenvalue weighted by atomic mass is 19.1. The van der Waals surface area contributed by atoms with Crippen LogP contribution in [0.2, 0.25) is 0 Å². The highest BCUT2D eigenvalue weighted by molar-refractivity contribution is 5.98. The molecule has 1 fully saturated rings. The van der Waals surface area contributed by atoms with Crippen molar-refractivity contribution >= 4 is 5.91 Å². The van der Waals surface area contributed by atoms with E-state index < -0.39 is 5.82 Å². The molecule has 0 saturated carbocycles. The van der Waals surface area contributed by atoms with Crippen LogP contribution in [0.3, 0.4) is 0 Å². The molecule has 2 aliphatic heterocycles. The number of nitrogens with zero attached hydrogens (tertiary/aromatic N) is 4. The van der Waals surface area contributed by atoms with Crippen molar-refractivity contribution in [2.75, 3.05) is 26.2 Å². The molecule has 0 bridgehead atoms. The van der Waals surface area contributed by atoms with E-state index in [1.807, 2.05) is 25.4 Å². The van der Waals surface area contributed by atoms with E-state index in [2.05, 4.69) is 14.9 Å².